The number of imidazole rings is 1. The maximum absolute atomic E-state index is 5.21. The largest absolute Gasteiger partial charge is 0.291 e. The molecule has 0 radical (unpaired) electrons. The zero-order valence-corrected chi connectivity index (χ0v) is 19.0. The fourth-order valence-corrected chi connectivity index (χ4v) is 6.79. The summed E-state index contributed by atoms with van der Waals surface area (Å²) in [6.07, 6.45) is 1.94. The van der Waals surface area contributed by atoms with Crippen molar-refractivity contribution in [1.29, 1.82) is 0 Å². The fraction of sp³-hybridized carbons (Fsp3) is 0.0606. The van der Waals surface area contributed by atoms with Crippen molar-refractivity contribution in [3.05, 3.63) is 119 Å². The summed E-state index contributed by atoms with van der Waals surface area (Å²) in [6.45, 7) is 0. The highest BCUT2D eigenvalue weighted by molar-refractivity contribution is 6.19. The van der Waals surface area contributed by atoms with Crippen molar-refractivity contribution < 1.29 is 0 Å². The van der Waals surface area contributed by atoms with Crippen LogP contribution >= 0.6 is 0 Å². The molecule has 2 heterocycles. The number of hydrogen-bond donors (Lipinski definition) is 0. The molecule has 0 amide bonds. The van der Waals surface area contributed by atoms with Crippen LogP contribution in [0.5, 0.6) is 0 Å². The van der Waals surface area contributed by atoms with E-state index < -0.39 is 0 Å². The number of benzene rings is 5. The van der Waals surface area contributed by atoms with Crippen molar-refractivity contribution in [3.63, 3.8) is 0 Å². The molecule has 162 valence electrons. The van der Waals surface area contributed by atoms with Gasteiger partial charge < -0.3 is 0 Å². The molecule has 7 aromatic rings. The van der Waals surface area contributed by atoms with Crippen LogP contribution < -0.4 is 0 Å². The van der Waals surface area contributed by atoms with E-state index in [1.165, 1.54) is 71.7 Å². The van der Waals surface area contributed by atoms with Crippen molar-refractivity contribution in [2.75, 3.05) is 0 Å². The van der Waals surface area contributed by atoms with Crippen molar-refractivity contribution in [2.45, 2.75) is 12.8 Å². The molecular formula is C33H20N2. The quantitative estimate of drug-likeness (QED) is 0.217. The Labute approximate surface area is 202 Å². The summed E-state index contributed by atoms with van der Waals surface area (Å²) < 4.78 is 2.44. The van der Waals surface area contributed by atoms with Crippen molar-refractivity contribution in [2.24, 2.45) is 0 Å². The van der Waals surface area contributed by atoms with E-state index in [9.17, 15) is 0 Å². The van der Waals surface area contributed by atoms with Gasteiger partial charge in [-0.1, -0.05) is 78.9 Å². The summed E-state index contributed by atoms with van der Waals surface area (Å²) in [5.41, 5.74) is 15.8. The van der Waals surface area contributed by atoms with Crippen molar-refractivity contribution in [3.8, 4) is 22.3 Å². The predicted molar refractivity (Wildman–Crippen MR) is 144 cm³/mol. The molecule has 0 bridgehead atoms. The van der Waals surface area contributed by atoms with Crippen LogP contribution in [-0.2, 0) is 12.8 Å². The van der Waals surface area contributed by atoms with Gasteiger partial charge in [-0.05, 0) is 74.5 Å². The number of rotatable bonds is 0. The lowest BCUT2D eigenvalue weighted by Gasteiger charge is -2.16. The van der Waals surface area contributed by atoms with E-state index in [0.29, 0.717) is 0 Å². The summed E-state index contributed by atoms with van der Waals surface area (Å²) in [4.78, 5) is 5.21. The molecule has 2 heteroatoms. The molecule has 2 aliphatic carbocycles. The molecule has 0 unspecified atom stereocenters. The van der Waals surface area contributed by atoms with Crippen LogP contribution in [0.3, 0.4) is 0 Å². The second-order valence-electron chi connectivity index (χ2n) is 9.93. The van der Waals surface area contributed by atoms with E-state index in [1.807, 2.05) is 0 Å². The van der Waals surface area contributed by atoms with Crippen LogP contribution in [0.15, 0.2) is 97.1 Å². The van der Waals surface area contributed by atoms with Gasteiger partial charge >= 0.3 is 0 Å². The maximum Gasteiger partial charge on any atom is 0.146 e. The number of fused-ring (bicyclic) bond motifs is 16. The predicted octanol–water partition coefficient (Wildman–Crippen LogP) is 7.94. The fourth-order valence-electron chi connectivity index (χ4n) is 6.79. The van der Waals surface area contributed by atoms with Gasteiger partial charge in [-0.2, -0.15) is 0 Å². The third-order valence-electron chi connectivity index (χ3n) is 8.24. The Bertz CT molecular complexity index is 2060. The summed E-state index contributed by atoms with van der Waals surface area (Å²) in [5, 5.41) is 3.96. The minimum atomic E-state index is 0.964. The lowest BCUT2D eigenvalue weighted by molar-refractivity contribution is 1.23. The van der Waals surface area contributed by atoms with Crippen LogP contribution in [0, 0.1) is 0 Å². The SMILES string of the molecule is c1ccc2c(c1)Cc1c-2ccc2c1c1ccc3c(c1n1c4ccccc4nc21)Cc1ccccc1-3. The Balaban J connectivity index is 1.54. The number of pyridine rings is 1. The van der Waals surface area contributed by atoms with Crippen molar-refractivity contribution >= 4 is 38.4 Å². The number of aromatic nitrogens is 2. The Morgan fingerprint density at radius 2 is 1.17 bits per heavy atom. The Hall–Kier alpha value is -4.43. The third-order valence-corrected chi connectivity index (χ3v) is 8.24. The molecule has 0 atom stereocenters. The van der Waals surface area contributed by atoms with E-state index in [1.54, 1.807) is 0 Å². The average molecular weight is 445 g/mol. The van der Waals surface area contributed by atoms with Gasteiger partial charge in [0.2, 0.25) is 0 Å². The first-order valence-corrected chi connectivity index (χ1v) is 12.3. The molecule has 0 spiro atoms. The van der Waals surface area contributed by atoms with Crippen LogP contribution in [0.1, 0.15) is 22.3 Å². The second kappa shape index (κ2) is 6.17. The molecule has 5 aromatic carbocycles. The smallest absolute Gasteiger partial charge is 0.146 e. The van der Waals surface area contributed by atoms with Crippen LogP contribution in [0.4, 0.5) is 0 Å². The van der Waals surface area contributed by atoms with Gasteiger partial charge in [0.05, 0.1) is 16.6 Å². The molecule has 0 aliphatic heterocycles. The summed E-state index contributed by atoms with van der Waals surface area (Å²) in [5.74, 6) is 0. The monoisotopic (exact) mass is 444 g/mol. The maximum atomic E-state index is 5.21. The minimum absolute atomic E-state index is 0.964. The lowest BCUT2D eigenvalue weighted by atomic mass is 9.93. The summed E-state index contributed by atoms with van der Waals surface area (Å²) >= 11 is 0. The standard InChI is InChI=1S/C33H20N2/c1-3-9-21-19(7-1)17-27-23(21)14-16-26-31(27)25-15-13-24-22-10-4-2-8-20(22)18-28(24)32(25)35-30-12-6-5-11-29(30)34-33(26)35/h1-16H,17-18H2. The molecule has 0 N–H and O–H groups in total. The number of para-hydroxylation sites is 2. The van der Waals surface area contributed by atoms with E-state index in [-0.39, 0.29) is 0 Å². The Kier molecular flexibility index (Phi) is 3.16. The molecule has 9 rings (SSSR count). The number of hydrogen-bond acceptors (Lipinski definition) is 1. The first-order chi connectivity index (χ1) is 17.4. The molecule has 35 heavy (non-hydrogen) atoms. The van der Waals surface area contributed by atoms with Crippen LogP contribution in [-0.4, -0.2) is 9.38 Å². The van der Waals surface area contributed by atoms with E-state index in [4.69, 9.17) is 4.98 Å². The second-order valence-corrected chi connectivity index (χ2v) is 9.93. The molecule has 2 aliphatic rings. The zero-order valence-electron chi connectivity index (χ0n) is 19.0. The van der Waals surface area contributed by atoms with Gasteiger partial charge in [0.25, 0.3) is 0 Å². The minimum Gasteiger partial charge on any atom is -0.291 e. The molecule has 0 saturated heterocycles. The molecule has 0 saturated carbocycles. The number of nitrogens with zero attached hydrogens (tertiary/aromatic N) is 2. The van der Waals surface area contributed by atoms with E-state index >= 15 is 0 Å². The Morgan fingerprint density at radius 1 is 0.543 bits per heavy atom. The van der Waals surface area contributed by atoms with Crippen molar-refractivity contribution in [1.82, 2.24) is 9.38 Å². The Morgan fingerprint density at radius 3 is 1.97 bits per heavy atom. The highest BCUT2D eigenvalue weighted by Gasteiger charge is 2.27. The van der Waals surface area contributed by atoms with Gasteiger partial charge in [-0.25, -0.2) is 4.98 Å². The summed E-state index contributed by atoms with van der Waals surface area (Å²) in [6, 6.07) is 35.7. The molecule has 0 fully saturated rings. The van der Waals surface area contributed by atoms with Gasteiger partial charge in [0.1, 0.15) is 5.65 Å². The highest BCUT2D eigenvalue weighted by atomic mass is 15.0. The van der Waals surface area contributed by atoms with Gasteiger partial charge in [-0.15, -0.1) is 0 Å². The molecular weight excluding hydrogens is 424 g/mol. The van der Waals surface area contributed by atoms with E-state index in [2.05, 4.69) is 101 Å². The van der Waals surface area contributed by atoms with Crippen LogP contribution in [0.25, 0.3) is 60.6 Å². The topological polar surface area (TPSA) is 17.3 Å². The third kappa shape index (κ3) is 2.14. The lowest BCUT2D eigenvalue weighted by Crippen LogP contribution is -1.98. The average Bonchev–Trinajstić information content (AvgIpc) is 3.59. The van der Waals surface area contributed by atoms with Gasteiger partial charge in [0.15, 0.2) is 0 Å². The van der Waals surface area contributed by atoms with Crippen LogP contribution in [0.2, 0.25) is 0 Å². The first kappa shape index (κ1) is 18.0. The zero-order chi connectivity index (χ0) is 22.7. The van der Waals surface area contributed by atoms with Gasteiger partial charge in [-0.3, -0.25) is 4.40 Å². The highest BCUT2D eigenvalue weighted by Crippen LogP contribution is 2.47. The normalized spacial score (nSPS) is 13.5. The first-order valence-electron chi connectivity index (χ1n) is 12.3. The molecule has 2 nitrogen and oxygen atoms in total. The van der Waals surface area contributed by atoms with Gasteiger partial charge in [0, 0.05) is 17.2 Å². The summed E-state index contributed by atoms with van der Waals surface area (Å²) in [7, 11) is 0. The molecule has 2 aromatic heterocycles. The van der Waals surface area contributed by atoms with E-state index in [0.717, 1.165) is 24.0 Å².